The van der Waals surface area contributed by atoms with Crippen LogP contribution in [0.15, 0.2) is 48.5 Å². The van der Waals surface area contributed by atoms with Gasteiger partial charge in [0.05, 0.1) is 17.9 Å². The summed E-state index contributed by atoms with van der Waals surface area (Å²) in [6.45, 7) is 1.91. The molecule has 0 atom stereocenters. The van der Waals surface area contributed by atoms with Crippen LogP contribution in [0, 0.1) is 5.82 Å². The monoisotopic (exact) mass is 411 g/mol. The van der Waals surface area contributed by atoms with Gasteiger partial charge < -0.3 is 15.0 Å². The SMILES string of the molecule is O=C(CNC1(c2ccc(F)cc2)CCOCC1)Nc1ccccc1N1CCCC1=O. The smallest absolute Gasteiger partial charge is 0.238 e. The van der Waals surface area contributed by atoms with Crippen LogP contribution in [0.4, 0.5) is 15.8 Å². The lowest BCUT2D eigenvalue weighted by molar-refractivity contribution is -0.117. The van der Waals surface area contributed by atoms with Crippen LogP contribution in [-0.4, -0.2) is 38.1 Å². The molecular weight excluding hydrogens is 385 g/mol. The number of ether oxygens (including phenoxy) is 1. The van der Waals surface area contributed by atoms with E-state index in [-0.39, 0.29) is 24.2 Å². The lowest BCUT2D eigenvalue weighted by atomic mass is 9.82. The maximum Gasteiger partial charge on any atom is 0.238 e. The molecular formula is C23H26FN3O3. The van der Waals surface area contributed by atoms with Gasteiger partial charge in [-0.3, -0.25) is 14.9 Å². The molecule has 0 bridgehead atoms. The fourth-order valence-corrected chi connectivity index (χ4v) is 4.22. The molecule has 2 fully saturated rings. The molecule has 2 amide bonds. The van der Waals surface area contributed by atoms with E-state index in [1.165, 1.54) is 12.1 Å². The molecule has 0 spiro atoms. The molecule has 2 heterocycles. The molecule has 2 aromatic rings. The van der Waals surface area contributed by atoms with Gasteiger partial charge in [-0.2, -0.15) is 0 Å². The number of carbonyl (C=O) groups is 2. The van der Waals surface area contributed by atoms with Gasteiger partial charge in [-0.15, -0.1) is 0 Å². The Bertz CT molecular complexity index is 910. The number of para-hydroxylation sites is 2. The van der Waals surface area contributed by atoms with Gasteiger partial charge in [0.1, 0.15) is 5.82 Å². The van der Waals surface area contributed by atoms with Gasteiger partial charge in [0, 0.05) is 31.7 Å². The van der Waals surface area contributed by atoms with Crippen molar-refractivity contribution < 1.29 is 18.7 Å². The predicted molar refractivity (Wildman–Crippen MR) is 113 cm³/mol. The molecule has 2 N–H and O–H groups in total. The summed E-state index contributed by atoms with van der Waals surface area (Å²) in [6.07, 6.45) is 2.76. The van der Waals surface area contributed by atoms with E-state index in [4.69, 9.17) is 4.74 Å². The Morgan fingerprint density at radius 1 is 1.10 bits per heavy atom. The van der Waals surface area contributed by atoms with E-state index in [0.29, 0.717) is 44.7 Å². The highest BCUT2D eigenvalue weighted by Gasteiger charge is 2.34. The Morgan fingerprint density at radius 2 is 1.83 bits per heavy atom. The predicted octanol–water partition coefficient (Wildman–Crippen LogP) is 3.19. The van der Waals surface area contributed by atoms with Crippen LogP contribution in [-0.2, 0) is 19.9 Å². The second kappa shape index (κ2) is 8.93. The number of carbonyl (C=O) groups excluding carboxylic acids is 2. The van der Waals surface area contributed by atoms with Gasteiger partial charge in [-0.1, -0.05) is 24.3 Å². The summed E-state index contributed by atoms with van der Waals surface area (Å²) in [5, 5.41) is 6.33. The zero-order valence-electron chi connectivity index (χ0n) is 16.8. The average molecular weight is 411 g/mol. The van der Waals surface area contributed by atoms with Crippen LogP contribution >= 0.6 is 0 Å². The number of anilines is 2. The molecule has 0 aliphatic carbocycles. The summed E-state index contributed by atoms with van der Waals surface area (Å²) in [5.41, 5.74) is 1.87. The van der Waals surface area contributed by atoms with Crippen LogP contribution in [0.3, 0.4) is 0 Å². The summed E-state index contributed by atoms with van der Waals surface area (Å²) in [4.78, 5) is 26.6. The molecule has 2 aromatic carbocycles. The second-order valence-corrected chi connectivity index (χ2v) is 7.77. The normalized spacial score (nSPS) is 18.4. The minimum absolute atomic E-state index is 0.0762. The minimum Gasteiger partial charge on any atom is -0.381 e. The Hall–Kier alpha value is -2.77. The Kier molecular flexibility index (Phi) is 6.11. The third-order valence-corrected chi connectivity index (χ3v) is 5.87. The highest BCUT2D eigenvalue weighted by Crippen LogP contribution is 2.33. The number of rotatable bonds is 6. The molecule has 0 saturated carbocycles. The first-order chi connectivity index (χ1) is 14.6. The van der Waals surface area contributed by atoms with Gasteiger partial charge in [0.15, 0.2) is 0 Å². The number of halogens is 1. The number of hydrogen-bond acceptors (Lipinski definition) is 4. The van der Waals surface area contributed by atoms with Gasteiger partial charge in [-0.05, 0) is 49.1 Å². The maximum absolute atomic E-state index is 13.4. The van der Waals surface area contributed by atoms with E-state index < -0.39 is 5.54 Å². The molecule has 2 aliphatic rings. The van der Waals surface area contributed by atoms with Crippen molar-refractivity contribution in [2.75, 3.05) is 36.5 Å². The lowest BCUT2D eigenvalue weighted by Crippen LogP contribution is -2.49. The van der Waals surface area contributed by atoms with Crippen molar-refractivity contribution in [1.29, 1.82) is 0 Å². The maximum atomic E-state index is 13.4. The van der Waals surface area contributed by atoms with E-state index in [9.17, 15) is 14.0 Å². The van der Waals surface area contributed by atoms with Crippen molar-refractivity contribution in [3.8, 4) is 0 Å². The first-order valence-electron chi connectivity index (χ1n) is 10.4. The quantitative estimate of drug-likeness (QED) is 0.766. The van der Waals surface area contributed by atoms with E-state index in [2.05, 4.69) is 10.6 Å². The molecule has 2 aliphatic heterocycles. The van der Waals surface area contributed by atoms with Gasteiger partial charge in [0.25, 0.3) is 0 Å². The van der Waals surface area contributed by atoms with Crippen LogP contribution in [0.25, 0.3) is 0 Å². The van der Waals surface area contributed by atoms with Crippen LogP contribution in [0.5, 0.6) is 0 Å². The van der Waals surface area contributed by atoms with Crippen LogP contribution < -0.4 is 15.5 Å². The molecule has 6 nitrogen and oxygen atoms in total. The van der Waals surface area contributed by atoms with Crippen molar-refractivity contribution in [2.24, 2.45) is 0 Å². The number of benzene rings is 2. The van der Waals surface area contributed by atoms with E-state index in [1.807, 2.05) is 24.3 Å². The average Bonchev–Trinajstić information content (AvgIpc) is 3.19. The molecule has 2 saturated heterocycles. The summed E-state index contributed by atoms with van der Waals surface area (Å²) in [7, 11) is 0. The first-order valence-corrected chi connectivity index (χ1v) is 10.4. The van der Waals surface area contributed by atoms with Crippen LogP contribution in [0.1, 0.15) is 31.2 Å². The zero-order valence-corrected chi connectivity index (χ0v) is 16.8. The van der Waals surface area contributed by atoms with Crippen molar-refractivity contribution >= 4 is 23.2 Å². The molecule has 158 valence electrons. The highest BCUT2D eigenvalue weighted by molar-refractivity contribution is 6.02. The summed E-state index contributed by atoms with van der Waals surface area (Å²) < 4.78 is 18.9. The second-order valence-electron chi connectivity index (χ2n) is 7.77. The topological polar surface area (TPSA) is 70.7 Å². The summed E-state index contributed by atoms with van der Waals surface area (Å²) in [5.74, 6) is -0.402. The van der Waals surface area contributed by atoms with Crippen molar-refractivity contribution in [3.05, 3.63) is 59.9 Å². The lowest BCUT2D eigenvalue weighted by Gasteiger charge is -2.38. The summed E-state index contributed by atoms with van der Waals surface area (Å²) >= 11 is 0. The van der Waals surface area contributed by atoms with Gasteiger partial charge in [0.2, 0.25) is 11.8 Å². The Morgan fingerprint density at radius 3 is 2.53 bits per heavy atom. The third kappa shape index (κ3) is 4.37. The molecule has 0 unspecified atom stereocenters. The number of nitrogens with one attached hydrogen (secondary N) is 2. The fraction of sp³-hybridized carbons (Fsp3) is 0.391. The number of hydrogen-bond donors (Lipinski definition) is 2. The van der Waals surface area contributed by atoms with Crippen molar-refractivity contribution in [1.82, 2.24) is 5.32 Å². The van der Waals surface area contributed by atoms with E-state index >= 15 is 0 Å². The van der Waals surface area contributed by atoms with E-state index in [1.54, 1.807) is 17.0 Å². The van der Waals surface area contributed by atoms with Crippen molar-refractivity contribution in [2.45, 2.75) is 31.2 Å². The van der Waals surface area contributed by atoms with Gasteiger partial charge in [-0.25, -0.2) is 4.39 Å². The van der Waals surface area contributed by atoms with E-state index in [0.717, 1.165) is 17.7 Å². The fourth-order valence-electron chi connectivity index (χ4n) is 4.22. The molecule has 7 heteroatoms. The van der Waals surface area contributed by atoms with Crippen LogP contribution in [0.2, 0.25) is 0 Å². The van der Waals surface area contributed by atoms with Crippen molar-refractivity contribution in [3.63, 3.8) is 0 Å². The minimum atomic E-state index is -0.437. The largest absolute Gasteiger partial charge is 0.381 e. The first kappa shape index (κ1) is 20.5. The molecule has 0 radical (unpaired) electrons. The Balaban J connectivity index is 1.46. The third-order valence-electron chi connectivity index (χ3n) is 5.87. The highest BCUT2D eigenvalue weighted by atomic mass is 19.1. The standard InChI is InChI=1S/C23H26FN3O3/c24-18-9-7-17(8-10-18)23(11-14-30-15-12-23)25-16-21(28)26-19-4-1-2-5-20(19)27-13-3-6-22(27)29/h1-2,4-5,7-10,25H,3,6,11-16H2,(H,26,28). The van der Waals surface area contributed by atoms with Gasteiger partial charge >= 0.3 is 0 Å². The molecule has 4 rings (SSSR count). The number of nitrogens with zero attached hydrogens (tertiary/aromatic N) is 1. The number of amides is 2. The summed E-state index contributed by atoms with van der Waals surface area (Å²) in [6, 6.07) is 13.8. The zero-order chi connectivity index (χ0) is 21.0. The Labute approximate surface area is 175 Å². The molecule has 30 heavy (non-hydrogen) atoms. The molecule has 0 aromatic heterocycles.